The Balaban J connectivity index is 1.75. The van der Waals surface area contributed by atoms with Gasteiger partial charge in [0.25, 0.3) is 5.91 Å². The number of aromatic carboxylic acids is 1. The third-order valence-electron chi connectivity index (χ3n) is 4.19. The number of hydrogen-bond donors (Lipinski definition) is 2. The zero-order valence-corrected chi connectivity index (χ0v) is 15.9. The minimum absolute atomic E-state index is 0.0561. The van der Waals surface area contributed by atoms with E-state index in [1.807, 2.05) is 36.4 Å². The van der Waals surface area contributed by atoms with Crippen molar-refractivity contribution in [3.8, 4) is 11.8 Å². The zero-order valence-electron chi connectivity index (χ0n) is 15.9. The molecule has 1 amide bonds. The molecule has 30 heavy (non-hydrogen) atoms. The van der Waals surface area contributed by atoms with Crippen LogP contribution in [0.5, 0.6) is 5.75 Å². The number of amides is 1. The van der Waals surface area contributed by atoms with E-state index < -0.39 is 11.9 Å². The third kappa shape index (κ3) is 5.33. The molecule has 0 aliphatic heterocycles. The summed E-state index contributed by atoms with van der Waals surface area (Å²) in [6, 6.07) is 24.6. The average Bonchev–Trinajstić information content (AvgIpc) is 2.77. The Hall–Kier alpha value is -4.37. The Morgan fingerprint density at radius 3 is 2.47 bits per heavy atom. The highest BCUT2D eigenvalue weighted by atomic mass is 16.5. The normalized spacial score (nSPS) is 10.7. The maximum Gasteiger partial charge on any atom is 0.337 e. The molecule has 6 heteroatoms. The molecule has 148 valence electrons. The third-order valence-corrected chi connectivity index (χ3v) is 4.19. The van der Waals surface area contributed by atoms with Crippen LogP contribution in [-0.2, 0) is 11.4 Å². The van der Waals surface area contributed by atoms with E-state index in [-0.39, 0.29) is 16.8 Å². The molecule has 3 aromatic rings. The van der Waals surface area contributed by atoms with Gasteiger partial charge < -0.3 is 15.2 Å². The standard InChI is InChI=1S/C24H18N2O4/c25-15-19(23(27)26-22-12-5-4-11-21(22)24(28)29)13-18-9-6-10-20(14-18)30-16-17-7-2-1-3-8-17/h1-14H,16H2,(H,26,27)(H,28,29)/b19-13+. The van der Waals surface area contributed by atoms with Gasteiger partial charge in [-0.3, -0.25) is 4.79 Å². The summed E-state index contributed by atoms with van der Waals surface area (Å²) in [5, 5.41) is 21.1. The molecule has 0 bridgehead atoms. The number of nitrogens with zero attached hydrogens (tertiary/aromatic N) is 1. The highest BCUT2D eigenvalue weighted by Crippen LogP contribution is 2.19. The summed E-state index contributed by atoms with van der Waals surface area (Å²) in [4.78, 5) is 23.8. The van der Waals surface area contributed by atoms with Crippen molar-refractivity contribution in [1.82, 2.24) is 0 Å². The lowest BCUT2D eigenvalue weighted by Crippen LogP contribution is -2.16. The molecule has 0 heterocycles. The topological polar surface area (TPSA) is 99.4 Å². The number of benzene rings is 3. The lowest BCUT2D eigenvalue weighted by molar-refractivity contribution is -0.112. The van der Waals surface area contributed by atoms with Crippen LogP contribution >= 0.6 is 0 Å². The second kappa shape index (κ2) is 9.71. The Kier molecular flexibility index (Phi) is 6.59. The van der Waals surface area contributed by atoms with E-state index in [9.17, 15) is 20.0 Å². The number of nitriles is 1. The van der Waals surface area contributed by atoms with Crippen LogP contribution in [0.15, 0.2) is 84.4 Å². The van der Waals surface area contributed by atoms with E-state index in [0.717, 1.165) is 5.56 Å². The van der Waals surface area contributed by atoms with Crippen molar-refractivity contribution < 1.29 is 19.4 Å². The number of carbonyl (C=O) groups excluding carboxylic acids is 1. The monoisotopic (exact) mass is 398 g/mol. The molecule has 0 saturated carbocycles. The molecule has 3 aromatic carbocycles. The lowest BCUT2D eigenvalue weighted by Gasteiger charge is -2.08. The number of anilines is 1. The van der Waals surface area contributed by atoms with Crippen LogP contribution in [0, 0.1) is 11.3 Å². The minimum Gasteiger partial charge on any atom is -0.489 e. The summed E-state index contributed by atoms with van der Waals surface area (Å²) < 4.78 is 5.77. The van der Waals surface area contributed by atoms with Crippen LogP contribution in [0.1, 0.15) is 21.5 Å². The molecule has 0 atom stereocenters. The summed E-state index contributed by atoms with van der Waals surface area (Å²) >= 11 is 0. The van der Waals surface area contributed by atoms with Crippen LogP contribution in [0.4, 0.5) is 5.69 Å². The SMILES string of the molecule is N#C/C(=C\c1cccc(OCc2ccccc2)c1)C(=O)Nc1ccccc1C(=O)O. The van der Waals surface area contributed by atoms with Gasteiger partial charge >= 0.3 is 5.97 Å². The van der Waals surface area contributed by atoms with Crippen molar-refractivity contribution in [3.05, 3.63) is 101 Å². The first-order valence-corrected chi connectivity index (χ1v) is 9.09. The highest BCUT2D eigenvalue weighted by Gasteiger charge is 2.15. The predicted octanol–water partition coefficient (Wildman–Crippen LogP) is 4.51. The molecule has 0 unspecified atom stereocenters. The first kappa shape index (κ1) is 20.4. The average molecular weight is 398 g/mol. The van der Waals surface area contributed by atoms with E-state index in [4.69, 9.17) is 4.74 Å². The van der Waals surface area contributed by atoms with Crippen LogP contribution in [0.25, 0.3) is 6.08 Å². The maximum absolute atomic E-state index is 12.5. The van der Waals surface area contributed by atoms with Crippen molar-refractivity contribution in [2.75, 3.05) is 5.32 Å². The second-order valence-corrected chi connectivity index (χ2v) is 6.32. The predicted molar refractivity (Wildman–Crippen MR) is 113 cm³/mol. The largest absolute Gasteiger partial charge is 0.489 e. The van der Waals surface area contributed by atoms with Crippen LogP contribution in [0.3, 0.4) is 0 Å². The van der Waals surface area contributed by atoms with Crippen LogP contribution in [0.2, 0.25) is 0 Å². The van der Waals surface area contributed by atoms with Gasteiger partial charge in [0.05, 0.1) is 11.3 Å². The van der Waals surface area contributed by atoms with E-state index >= 15 is 0 Å². The molecular weight excluding hydrogens is 380 g/mol. The molecule has 0 aromatic heterocycles. The van der Waals surface area contributed by atoms with Crippen LogP contribution in [-0.4, -0.2) is 17.0 Å². The van der Waals surface area contributed by atoms with Gasteiger partial charge in [-0.2, -0.15) is 5.26 Å². The van der Waals surface area contributed by atoms with Crippen molar-refractivity contribution >= 4 is 23.6 Å². The van der Waals surface area contributed by atoms with Gasteiger partial charge in [0.1, 0.15) is 24.0 Å². The zero-order chi connectivity index (χ0) is 21.3. The Morgan fingerprint density at radius 1 is 1.00 bits per heavy atom. The molecule has 0 spiro atoms. The number of rotatable bonds is 7. The van der Waals surface area contributed by atoms with Gasteiger partial charge in [0.2, 0.25) is 0 Å². The Morgan fingerprint density at radius 2 is 1.73 bits per heavy atom. The van der Waals surface area contributed by atoms with Gasteiger partial charge in [0, 0.05) is 0 Å². The van der Waals surface area contributed by atoms with E-state index in [1.54, 1.807) is 36.4 Å². The fourth-order valence-corrected chi connectivity index (χ4v) is 2.72. The molecular formula is C24H18N2O4. The van der Waals surface area contributed by atoms with Crippen molar-refractivity contribution in [3.63, 3.8) is 0 Å². The van der Waals surface area contributed by atoms with Gasteiger partial charge in [-0.25, -0.2) is 4.79 Å². The minimum atomic E-state index is -1.17. The number of hydrogen-bond acceptors (Lipinski definition) is 4. The molecule has 0 aliphatic carbocycles. The Labute approximate surface area is 173 Å². The molecule has 3 rings (SSSR count). The fourth-order valence-electron chi connectivity index (χ4n) is 2.72. The number of ether oxygens (including phenoxy) is 1. The molecule has 0 radical (unpaired) electrons. The molecule has 0 saturated heterocycles. The molecule has 6 nitrogen and oxygen atoms in total. The highest BCUT2D eigenvalue weighted by molar-refractivity contribution is 6.11. The number of carboxylic acid groups (broad SMARTS) is 1. The lowest BCUT2D eigenvalue weighted by atomic mass is 10.1. The molecule has 0 aliphatic rings. The second-order valence-electron chi connectivity index (χ2n) is 6.32. The van der Waals surface area contributed by atoms with Gasteiger partial charge in [-0.1, -0.05) is 54.6 Å². The van der Waals surface area contributed by atoms with Gasteiger partial charge in [0.15, 0.2) is 0 Å². The number of nitrogens with one attached hydrogen (secondary N) is 1. The quantitative estimate of drug-likeness (QED) is 0.451. The Bertz CT molecular complexity index is 1130. The summed E-state index contributed by atoms with van der Waals surface area (Å²) in [6.07, 6.45) is 1.42. The fraction of sp³-hybridized carbons (Fsp3) is 0.0417. The first-order valence-electron chi connectivity index (χ1n) is 9.09. The van der Waals surface area contributed by atoms with Crippen molar-refractivity contribution in [2.24, 2.45) is 0 Å². The maximum atomic E-state index is 12.5. The molecule has 0 fully saturated rings. The number of para-hydroxylation sites is 1. The number of carboxylic acids is 1. The summed E-state index contributed by atoms with van der Waals surface area (Å²) in [5.74, 6) is -1.26. The van der Waals surface area contributed by atoms with E-state index in [2.05, 4.69) is 5.32 Å². The van der Waals surface area contributed by atoms with Gasteiger partial charge in [-0.05, 0) is 41.5 Å². The van der Waals surface area contributed by atoms with E-state index in [1.165, 1.54) is 18.2 Å². The van der Waals surface area contributed by atoms with Crippen LogP contribution < -0.4 is 10.1 Å². The summed E-state index contributed by atoms with van der Waals surface area (Å²) in [7, 11) is 0. The summed E-state index contributed by atoms with van der Waals surface area (Å²) in [6.45, 7) is 0.394. The van der Waals surface area contributed by atoms with E-state index in [0.29, 0.717) is 17.9 Å². The van der Waals surface area contributed by atoms with Crippen molar-refractivity contribution in [1.29, 1.82) is 5.26 Å². The van der Waals surface area contributed by atoms with Crippen molar-refractivity contribution in [2.45, 2.75) is 6.61 Å². The smallest absolute Gasteiger partial charge is 0.337 e. The molecule has 2 N–H and O–H groups in total. The number of carbonyl (C=O) groups is 2. The summed E-state index contributed by atoms with van der Waals surface area (Å²) in [5.41, 5.74) is 1.54. The first-order chi connectivity index (χ1) is 14.6. The van der Waals surface area contributed by atoms with Gasteiger partial charge in [-0.15, -0.1) is 0 Å².